The SMILES string of the molecule is Clc1ccc(Nc2cc(-c3ccncc3)nc([C@@H]3CCNC3)n2)cc1. The molecule has 1 aliphatic rings. The Kier molecular flexibility index (Phi) is 4.59. The highest BCUT2D eigenvalue weighted by atomic mass is 35.5. The molecule has 4 rings (SSSR count). The van der Waals surface area contributed by atoms with Gasteiger partial charge in [0.25, 0.3) is 0 Å². The minimum absolute atomic E-state index is 0.340. The van der Waals surface area contributed by atoms with Gasteiger partial charge in [-0.05, 0) is 49.4 Å². The predicted molar refractivity (Wildman–Crippen MR) is 100 cm³/mol. The molecule has 0 bridgehead atoms. The van der Waals surface area contributed by atoms with Gasteiger partial charge in [-0.2, -0.15) is 0 Å². The lowest BCUT2D eigenvalue weighted by molar-refractivity contribution is 0.704. The summed E-state index contributed by atoms with van der Waals surface area (Å²) in [4.78, 5) is 13.6. The van der Waals surface area contributed by atoms with Gasteiger partial charge in [0.05, 0.1) is 5.69 Å². The Balaban J connectivity index is 1.71. The quantitative estimate of drug-likeness (QED) is 0.743. The van der Waals surface area contributed by atoms with E-state index in [1.54, 1.807) is 12.4 Å². The van der Waals surface area contributed by atoms with Crippen LogP contribution in [0, 0.1) is 0 Å². The summed E-state index contributed by atoms with van der Waals surface area (Å²) in [5.41, 5.74) is 2.87. The second kappa shape index (κ2) is 7.17. The average Bonchev–Trinajstić information content (AvgIpc) is 3.19. The fraction of sp³-hybridized carbons (Fsp3) is 0.211. The molecule has 3 heterocycles. The van der Waals surface area contributed by atoms with Gasteiger partial charge in [-0.25, -0.2) is 9.97 Å². The fourth-order valence-electron chi connectivity index (χ4n) is 2.94. The molecular weight excluding hydrogens is 334 g/mol. The zero-order valence-electron chi connectivity index (χ0n) is 13.6. The van der Waals surface area contributed by atoms with E-state index in [-0.39, 0.29) is 0 Å². The maximum atomic E-state index is 5.96. The minimum Gasteiger partial charge on any atom is -0.340 e. The largest absolute Gasteiger partial charge is 0.340 e. The van der Waals surface area contributed by atoms with Crippen LogP contribution in [0.1, 0.15) is 18.2 Å². The van der Waals surface area contributed by atoms with E-state index in [0.29, 0.717) is 10.9 Å². The number of hydrogen-bond acceptors (Lipinski definition) is 5. The van der Waals surface area contributed by atoms with Gasteiger partial charge in [0, 0.05) is 47.2 Å². The van der Waals surface area contributed by atoms with Crippen molar-refractivity contribution in [1.29, 1.82) is 0 Å². The van der Waals surface area contributed by atoms with Crippen LogP contribution < -0.4 is 10.6 Å². The molecule has 0 spiro atoms. The van der Waals surface area contributed by atoms with Crippen LogP contribution in [0.4, 0.5) is 11.5 Å². The van der Waals surface area contributed by atoms with E-state index in [9.17, 15) is 0 Å². The third-order valence-corrected chi connectivity index (χ3v) is 4.51. The summed E-state index contributed by atoms with van der Waals surface area (Å²) in [6.45, 7) is 1.92. The molecule has 1 aliphatic heterocycles. The van der Waals surface area contributed by atoms with Crippen molar-refractivity contribution in [3.8, 4) is 11.3 Å². The number of anilines is 2. The lowest BCUT2D eigenvalue weighted by Crippen LogP contribution is -2.11. The summed E-state index contributed by atoms with van der Waals surface area (Å²) in [7, 11) is 0. The number of benzene rings is 1. The van der Waals surface area contributed by atoms with Crippen molar-refractivity contribution >= 4 is 23.1 Å². The Bertz CT molecular complexity index is 845. The number of rotatable bonds is 4. The van der Waals surface area contributed by atoms with Gasteiger partial charge >= 0.3 is 0 Å². The molecule has 126 valence electrons. The van der Waals surface area contributed by atoms with E-state index < -0.39 is 0 Å². The van der Waals surface area contributed by atoms with Crippen molar-refractivity contribution in [1.82, 2.24) is 20.3 Å². The summed E-state index contributed by atoms with van der Waals surface area (Å²) < 4.78 is 0. The normalized spacial score (nSPS) is 16.8. The molecule has 1 atom stereocenters. The van der Waals surface area contributed by atoms with Gasteiger partial charge in [-0.15, -0.1) is 0 Å². The van der Waals surface area contributed by atoms with Crippen molar-refractivity contribution in [2.75, 3.05) is 18.4 Å². The Labute approximate surface area is 151 Å². The van der Waals surface area contributed by atoms with Crippen molar-refractivity contribution in [2.24, 2.45) is 0 Å². The van der Waals surface area contributed by atoms with E-state index in [4.69, 9.17) is 21.6 Å². The fourth-order valence-corrected chi connectivity index (χ4v) is 3.07. The van der Waals surface area contributed by atoms with E-state index in [2.05, 4.69) is 15.6 Å². The number of nitrogens with zero attached hydrogens (tertiary/aromatic N) is 3. The highest BCUT2D eigenvalue weighted by molar-refractivity contribution is 6.30. The average molecular weight is 352 g/mol. The van der Waals surface area contributed by atoms with Crippen LogP contribution in [0.3, 0.4) is 0 Å². The molecule has 2 aromatic heterocycles. The van der Waals surface area contributed by atoms with E-state index >= 15 is 0 Å². The van der Waals surface area contributed by atoms with Crippen LogP contribution >= 0.6 is 11.6 Å². The standard InChI is InChI=1S/C19H18ClN5/c20-15-1-3-16(4-2-15)23-18-11-17(13-5-8-21-9-6-13)24-19(25-18)14-7-10-22-12-14/h1-6,8-9,11,14,22H,7,10,12H2,(H,23,24,25)/t14-/m1/s1. The van der Waals surface area contributed by atoms with Crippen molar-refractivity contribution < 1.29 is 0 Å². The number of nitrogens with one attached hydrogen (secondary N) is 2. The number of pyridine rings is 1. The maximum Gasteiger partial charge on any atom is 0.135 e. The molecule has 2 N–H and O–H groups in total. The zero-order chi connectivity index (χ0) is 17.1. The molecule has 1 saturated heterocycles. The van der Waals surface area contributed by atoms with Crippen LogP contribution in [0.5, 0.6) is 0 Å². The molecule has 0 radical (unpaired) electrons. The second-order valence-corrected chi connectivity index (χ2v) is 6.49. The topological polar surface area (TPSA) is 62.7 Å². The number of halogens is 1. The molecule has 0 saturated carbocycles. The summed E-state index contributed by atoms with van der Waals surface area (Å²) in [5, 5.41) is 7.45. The van der Waals surface area contributed by atoms with Gasteiger partial charge in [-0.3, -0.25) is 4.98 Å². The Hall–Kier alpha value is -2.50. The minimum atomic E-state index is 0.340. The third-order valence-electron chi connectivity index (χ3n) is 4.26. The summed E-state index contributed by atoms with van der Waals surface area (Å²) >= 11 is 5.96. The molecule has 1 fully saturated rings. The van der Waals surface area contributed by atoms with Crippen LogP contribution in [0.2, 0.25) is 5.02 Å². The van der Waals surface area contributed by atoms with Crippen molar-refractivity contribution in [3.05, 3.63) is 65.7 Å². The van der Waals surface area contributed by atoms with Gasteiger partial charge in [0.2, 0.25) is 0 Å². The van der Waals surface area contributed by atoms with Crippen LogP contribution in [-0.2, 0) is 0 Å². The monoisotopic (exact) mass is 351 g/mol. The van der Waals surface area contributed by atoms with Crippen molar-refractivity contribution in [3.63, 3.8) is 0 Å². The van der Waals surface area contributed by atoms with Crippen LogP contribution in [-0.4, -0.2) is 28.0 Å². The summed E-state index contributed by atoms with van der Waals surface area (Å²) in [6.07, 6.45) is 4.61. The second-order valence-electron chi connectivity index (χ2n) is 6.05. The number of hydrogen-bond donors (Lipinski definition) is 2. The smallest absolute Gasteiger partial charge is 0.135 e. The Morgan fingerprint density at radius 1 is 1.04 bits per heavy atom. The first-order valence-electron chi connectivity index (χ1n) is 8.30. The zero-order valence-corrected chi connectivity index (χ0v) is 14.4. The summed E-state index contributed by atoms with van der Waals surface area (Å²) in [5.74, 6) is 1.99. The first-order chi connectivity index (χ1) is 12.3. The molecule has 3 aromatic rings. The molecule has 25 heavy (non-hydrogen) atoms. The Morgan fingerprint density at radius 2 is 1.84 bits per heavy atom. The molecule has 0 amide bonds. The van der Waals surface area contributed by atoms with Crippen LogP contribution in [0.15, 0.2) is 54.9 Å². The lowest BCUT2D eigenvalue weighted by atomic mass is 10.1. The highest BCUT2D eigenvalue weighted by Gasteiger charge is 2.21. The lowest BCUT2D eigenvalue weighted by Gasteiger charge is -2.13. The third kappa shape index (κ3) is 3.78. The molecule has 1 aromatic carbocycles. The van der Waals surface area contributed by atoms with E-state index in [0.717, 1.165) is 48.1 Å². The van der Waals surface area contributed by atoms with Crippen molar-refractivity contribution in [2.45, 2.75) is 12.3 Å². The van der Waals surface area contributed by atoms with Gasteiger partial charge in [0.15, 0.2) is 0 Å². The highest BCUT2D eigenvalue weighted by Crippen LogP contribution is 2.27. The van der Waals surface area contributed by atoms with Gasteiger partial charge in [0.1, 0.15) is 11.6 Å². The predicted octanol–water partition coefficient (Wildman–Crippen LogP) is 4.01. The van der Waals surface area contributed by atoms with Crippen LogP contribution in [0.25, 0.3) is 11.3 Å². The molecule has 6 heteroatoms. The molecule has 5 nitrogen and oxygen atoms in total. The van der Waals surface area contributed by atoms with E-state index in [1.807, 2.05) is 42.5 Å². The van der Waals surface area contributed by atoms with Gasteiger partial charge in [-0.1, -0.05) is 11.6 Å². The molecule has 0 unspecified atom stereocenters. The Morgan fingerprint density at radius 3 is 2.56 bits per heavy atom. The first-order valence-corrected chi connectivity index (χ1v) is 8.68. The van der Waals surface area contributed by atoms with E-state index in [1.165, 1.54) is 0 Å². The van der Waals surface area contributed by atoms with Gasteiger partial charge < -0.3 is 10.6 Å². The summed E-state index contributed by atoms with van der Waals surface area (Å²) in [6, 6.07) is 13.5. The number of aromatic nitrogens is 3. The molecule has 0 aliphatic carbocycles. The molecular formula is C19H18ClN5. The maximum absolute atomic E-state index is 5.96. The first kappa shape index (κ1) is 16.0.